The van der Waals surface area contributed by atoms with Gasteiger partial charge in [-0.05, 0) is 33.1 Å². The van der Waals surface area contributed by atoms with Gasteiger partial charge in [0.05, 0.1) is 17.8 Å². The summed E-state index contributed by atoms with van der Waals surface area (Å²) in [7, 11) is 0. The molecular formula is C21H30O6. The highest BCUT2D eigenvalue weighted by atomic mass is 16.5. The maximum absolute atomic E-state index is 11.1. The van der Waals surface area contributed by atoms with E-state index in [0.717, 1.165) is 18.4 Å². The van der Waals surface area contributed by atoms with Crippen LogP contribution in [0.25, 0.3) is 0 Å². The first-order valence-corrected chi connectivity index (χ1v) is 9.48. The Hall–Kier alpha value is -2.37. The maximum Gasteiger partial charge on any atom is 0.333 e. The molecule has 0 fully saturated rings. The fraction of sp³-hybridized carbons (Fsp3) is 0.571. The molecule has 0 radical (unpaired) electrons. The zero-order chi connectivity index (χ0) is 20.6. The molecule has 0 heterocycles. The van der Waals surface area contributed by atoms with E-state index in [9.17, 15) is 14.4 Å². The normalized spacial score (nSPS) is 19.9. The van der Waals surface area contributed by atoms with Crippen LogP contribution >= 0.6 is 0 Å². The number of esters is 1. The quantitative estimate of drug-likeness (QED) is 0.271. The van der Waals surface area contributed by atoms with Crippen LogP contribution in [0.1, 0.15) is 59.3 Å². The second-order valence-corrected chi connectivity index (χ2v) is 6.88. The molecule has 0 aliphatic heterocycles. The van der Waals surface area contributed by atoms with E-state index >= 15 is 0 Å². The molecule has 150 valence electrons. The SMILES string of the molecule is C=C(CCCCCC)C(=O)OCC.CC1=CC2CC1C(C(=O)O)=C2C(=O)O. The lowest BCUT2D eigenvalue weighted by Gasteiger charge is -2.12. The van der Waals surface area contributed by atoms with Crippen molar-refractivity contribution in [3.05, 3.63) is 34.9 Å². The Bertz CT molecular complexity index is 656. The van der Waals surface area contributed by atoms with Gasteiger partial charge in [-0.25, -0.2) is 14.4 Å². The molecule has 2 aliphatic carbocycles. The van der Waals surface area contributed by atoms with Crippen LogP contribution in [0.4, 0.5) is 0 Å². The molecule has 2 rings (SSSR count). The minimum absolute atomic E-state index is 0.0769. The molecule has 27 heavy (non-hydrogen) atoms. The predicted octanol–water partition coefficient (Wildman–Crippen LogP) is 4.12. The number of hydrogen-bond acceptors (Lipinski definition) is 4. The summed E-state index contributed by atoms with van der Waals surface area (Å²) in [5.41, 5.74) is 1.76. The lowest BCUT2D eigenvalue weighted by molar-refractivity contribution is -0.138. The Morgan fingerprint density at radius 3 is 2.26 bits per heavy atom. The summed E-state index contributed by atoms with van der Waals surface area (Å²) in [6.45, 7) is 9.96. The second-order valence-electron chi connectivity index (χ2n) is 6.88. The van der Waals surface area contributed by atoms with E-state index in [1.165, 1.54) is 19.3 Å². The molecule has 0 aromatic rings. The standard InChI is InChI=1S/C11H20O2.C10H10O4/c1-4-6-7-8-9-10(3)11(12)13-5-2;1-4-2-5-3-6(4)8(10(13)14)7(5)9(11)12/h3-9H2,1-2H3;2,5-6H,3H2,1H3,(H,11,12)(H,13,14). The van der Waals surface area contributed by atoms with E-state index in [1.54, 1.807) is 0 Å². The number of carboxylic acids is 2. The van der Waals surface area contributed by atoms with Crippen molar-refractivity contribution in [2.24, 2.45) is 11.8 Å². The number of rotatable bonds is 9. The number of ether oxygens (including phenoxy) is 1. The number of hydrogen-bond donors (Lipinski definition) is 2. The molecule has 0 aromatic heterocycles. The van der Waals surface area contributed by atoms with Gasteiger partial charge in [-0.1, -0.05) is 44.4 Å². The van der Waals surface area contributed by atoms with Crippen molar-refractivity contribution >= 4 is 17.9 Å². The first kappa shape index (κ1) is 22.7. The Kier molecular flexibility index (Phi) is 8.98. The highest BCUT2D eigenvalue weighted by molar-refractivity contribution is 6.02. The average molecular weight is 378 g/mol. The Balaban J connectivity index is 0.000000271. The number of fused-ring (bicyclic) bond motifs is 2. The number of allylic oxidation sites excluding steroid dienone is 2. The van der Waals surface area contributed by atoms with Gasteiger partial charge in [0.15, 0.2) is 0 Å². The maximum atomic E-state index is 11.1. The van der Waals surface area contributed by atoms with Gasteiger partial charge in [-0.3, -0.25) is 0 Å². The third-order valence-electron chi connectivity index (χ3n) is 4.87. The summed E-state index contributed by atoms with van der Waals surface area (Å²) in [4.78, 5) is 32.9. The first-order valence-electron chi connectivity index (χ1n) is 9.48. The van der Waals surface area contributed by atoms with Crippen LogP contribution in [0, 0.1) is 11.8 Å². The molecule has 0 amide bonds. The Labute approximate surface area is 160 Å². The van der Waals surface area contributed by atoms with E-state index in [4.69, 9.17) is 14.9 Å². The minimum atomic E-state index is -1.10. The number of carbonyl (C=O) groups excluding carboxylic acids is 1. The van der Waals surface area contributed by atoms with Crippen molar-refractivity contribution in [1.29, 1.82) is 0 Å². The molecule has 2 bridgehead atoms. The lowest BCUT2D eigenvalue weighted by Crippen LogP contribution is -2.16. The molecule has 2 unspecified atom stereocenters. The van der Waals surface area contributed by atoms with E-state index < -0.39 is 11.9 Å². The largest absolute Gasteiger partial charge is 0.478 e. The lowest BCUT2D eigenvalue weighted by atomic mass is 9.92. The topological polar surface area (TPSA) is 101 Å². The summed E-state index contributed by atoms with van der Waals surface area (Å²) in [6, 6.07) is 0. The van der Waals surface area contributed by atoms with E-state index in [-0.39, 0.29) is 29.0 Å². The number of unbranched alkanes of at least 4 members (excludes halogenated alkanes) is 3. The molecule has 6 heteroatoms. The zero-order valence-electron chi connectivity index (χ0n) is 16.4. The summed E-state index contributed by atoms with van der Waals surface area (Å²) in [5.74, 6) is -2.80. The van der Waals surface area contributed by atoms with Crippen LogP contribution in [-0.4, -0.2) is 34.7 Å². The van der Waals surface area contributed by atoms with E-state index in [0.29, 0.717) is 18.6 Å². The second kappa shape index (κ2) is 10.7. The Morgan fingerprint density at radius 2 is 1.74 bits per heavy atom. The third-order valence-corrected chi connectivity index (χ3v) is 4.87. The van der Waals surface area contributed by atoms with Gasteiger partial charge in [0.25, 0.3) is 0 Å². The smallest absolute Gasteiger partial charge is 0.333 e. The fourth-order valence-corrected chi connectivity index (χ4v) is 3.51. The molecule has 0 aromatic carbocycles. The summed E-state index contributed by atoms with van der Waals surface area (Å²) < 4.78 is 4.82. The van der Waals surface area contributed by atoms with Crippen LogP contribution in [0.15, 0.2) is 34.9 Å². The van der Waals surface area contributed by atoms with Crippen LogP contribution in [0.5, 0.6) is 0 Å². The van der Waals surface area contributed by atoms with Gasteiger partial charge in [-0.15, -0.1) is 0 Å². The number of aliphatic carboxylic acids is 2. The van der Waals surface area contributed by atoms with Crippen LogP contribution in [-0.2, 0) is 19.1 Å². The molecule has 2 N–H and O–H groups in total. The summed E-state index contributed by atoms with van der Waals surface area (Å²) in [5, 5.41) is 17.8. The van der Waals surface area contributed by atoms with Crippen molar-refractivity contribution in [2.45, 2.75) is 59.3 Å². The van der Waals surface area contributed by atoms with Crippen molar-refractivity contribution in [1.82, 2.24) is 0 Å². The molecule has 0 saturated carbocycles. The van der Waals surface area contributed by atoms with Gasteiger partial charge < -0.3 is 14.9 Å². The van der Waals surface area contributed by atoms with Crippen LogP contribution in [0.2, 0.25) is 0 Å². The average Bonchev–Trinajstić information content (AvgIpc) is 3.16. The van der Waals surface area contributed by atoms with Crippen molar-refractivity contribution in [3.8, 4) is 0 Å². The molecule has 6 nitrogen and oxygen atoms in total. The zero-order valence-corrected chi connectivity index (χ0v) is 16.4. The molecule has 0 spiro atoms. The minimum Gasteiger partial charge on any atom is -0.478 e. The molecule has 2 aliphatic rings. The molecule has 2 atom stereocenters. The van der Waals surface area contributed by atoms with Gasteiger partial charge in [0, 0.05) is 17.4 Å². The van der Waals surface area contributed by atoms with Crippen molar-refractivity contribution < 1.29 is 29.3 Å². The monoisotopic (exact) mass is 378 g/mol. The summed E-state index contributed by atoms with van der Waals surface area (Å²) in [6.07, 6.45) is 7.93. The van der Waals surface area contributed by atoms with Crippen LogP contribution in [0.3, 0.4) is 0 Å². The van der Waals surface area contributed by atoms with E-state index in [1.807, 2.05) is 19.9 Å². The Morgan fingerprint density at radius 1 is 1.11 bits per heavy atom. The highest BCUT2D eigenvalue weighted by Crippen LogP contribution is 2.47. The van der Waals surface area contributed by atoms with E-state index in [2.05, 4.69) is 13.5 Å². The van der Waals surface area contributed by atoms with Crippen LogP contribution < -0.4 is 0 Å². The van der Waals surface area contributed by atoms with Gasteiger partial charge in [0.1, 0.15) is 0 Å². The summed E-state index contributed by atoms with van der Waals surface area (Å²) >= 11 is 0. The molecular weight excluding hydrogens is 348 g/mol. The van der Waals surface area contributed by atoms with Gasteiger partial charge >= 0.3 is 17.9 Å². The fourth-order valence-electron chi connectivity index (χ4n) is 3.51. The number of carboxylic acid groups (broad SMARTS) is 2. The molecule has 0 saturated heterocycles. The van der Waals surface area contributed by atoms with Crippen molar-refractivity contribution in [2.75, 3.05) is 6.61 Å². The third kappa shape index (κ3) is 6.08. The highest BCUT2D eigenvalue weighted by Gasteiger charge is 2.44. The van der Waals surface area contributed by atoms with Gasteiger partial charge in [-0.2, -0.15) is 0 Å². The predicted molar refractivity (Wildman–Crippen MR) is 102 cm³/mol. The first-order chi connectivity index (χ1) is 12.7. The van der Waals surface area contributed by atoms with Gasteiger partial charge in [0.2, 0.25) is 0 Å². The number of carbonyl (C=O) groups is 3. The van der Waals surface area contributed by atoms with Crippen molar-refractivity contribution in [3.63, 3.8) is 0 Å².